The number of aromatic nitrogens is 4. The Balaban J connectivity index is 1.39. The Kier molecular flexibility index (Phi) is 9.33. The van der Waals surface area contributed by atoms with Crippen molar-refractivity contribution in [2.75, 3.05) is 0 Å². The first-order valence-electron chi connectivity index (χ1n) is 14.9. The normalized spacial score (nSPS) is 19.5. The first kappa shape index (κ1) is 33.6. The Bertz CT molecular complexity index is 1540. The van der Waals surface area contributed by atoms with Gasteiger partial charge in [-0.1, -0.05) is 12.1 Å². The van der Waals surface area contributed by atoms with E-state index in [4.69, 9.17) is 4.52 Å². The standard InChI is InChI=1S/C29H32F8N6O3/c1-15(29(35,36)37)12-22(44)40-23(16-2-3-16)20-7-11-43-13-21(39-26(43)38-20)24(17-4-8-27(30,31)9-5-17)41-25(45)18-14-46-42-19(18)6-10-28(32,33)34/h7,11,13-17,23-24H,2-6,8-10,12H2,1H3,(H,40,44)(H,41,45)/t15-,23?,24-/m0/s1. The number of hydrogen-bond acceptors (Lipinski definition) is 6. The molecule has 0 aliphatic heterocycles. The number of carbonyl (C=O) groups is 2. The zero-order valence-corrected chi connectivity index (χ0v) is 24.6. The lowest BCUT2D eigenvalue weighted by Crippen LogP contribution is -2.37. The lowest BCUT2D eigenvalue weighted by molar-refractivity contribution is -0.174. The summed E-state index contributed by atoms with van der Waals surface area (Å²) in [5.74, 6) is -6.68. The minimum Gasteiger partial charge on any atom is -0.364 e. The summed E-state index contributed by atoms with van der Waals surface area (Å²) in [6, 6.07) is 0.00746. The van der Waals surface area contributed by atoms with Crippen molar-refractivity contribution in [1.29, 1.82) is 0 Å². The van der Waals surface area contributed by atoms with Crippen molar-refractivity contribution in [1.82, 2.24) is 30.2 Å². The third-order valence-corrected chi connectivity index (χ3v) is 8.52. The summed E-state index contributed by atoms with van der Waals surface area (Å²) in [6.45, 7) is 0.928. The fourth-order valence-corrected chi connectivity index (χ4v) is 5.65. The van der Waals surface area contributed by atoms with Crippen molar-refractivity contribution in [3.63, 3.8) is 0 Å². The lowest BCUT2D eigenvalue weighted by Gasteiger charge is -2.33. The van der Waals surface area contributed by atoms with Gasteiger partial charge in [0.25, 0.3) is 5.91 Å². The maximum Gasteiger partial charge on any atom is 0.392 e. The highest BCUT2D eigenvalue weighted by atomic mass is 19.4. The molecule has 0 radical (unpaired) electrons. The Labute approximate surface area is 257 Å². The predicted molar refractivity (Wildman–Crippen MR) is 144 cm³/mol. The van der Waals surface area contributed by atoms with Gasteiger partial charge >= 0.3 is 12.4 Å². The molecule has 17 heteroatoms. The van der Waals surface area contributed by atoms with Gasteiger partial charge in [-0.3, -0.25) is 14.0 Å². The van der Waals surface area contributed by atoms with Crippen molar-refractivity contribution in [3.8, 4) is 0 Å². The monoisotopic (exact) mass is 664 g/mol. The number of alkyl halides is 8. The van der Waals surface area contributed by atoms with Crippen LogP contribution in [0.5, 0.6) is 0 Å². The van der Waals surface area contributed by atoms with E-state index in [9.17, 15) is 44.7 Å². The summed E-state index contributed by atoms with van der Waals surface area (Å²) in [4.78, 5) is 34.8. The number of nitrogens with one attached hydrogen (secondary N) is 2. The molecule has 2 fully saturated rings. The van der Waals surface area contributed by atoms with E-state index in [-0.39, 0.29) is 41.5 Å². The Morgan fingerprint density at radius 3 is 2.26 bits per heavy atom. The maximum absolute atomic E-state index is 14.0. The smallest absolute Gasteiger partial charge is 0.364 e. The zero-order chi connectivity index (χ0) is 33.4. The molecular weight excluding hydrogens is 632 g/mol. The first-order valence-corrected chi connectivity index (χ1v) is 14.9. The molecule has 252 valence electrons. The maximum atomic E-state index is 14.0. The molecule has 0 bridgehead atoms. The van der Waals surface area contributed by atoms with E-state index in [1.54, 1.807) is 12.3 Å². The third kappa shape index (κ3) is 8.32. The van der Waals surface area contributed by atoms with Crippen LogP contribution in [0.2, 0.25) is 0 Å². The van der Waals surface area contributed by atoms with E-state index < -0.39 is 86.1 Å². The molecule has 2 amide bonds. The number of aryl methyl sites for hydroxylation is 1. The van der Waals surface area contributed by atoms with E-state index in [0.29, 0.717) is 5.69 Å². The average Bonchev–Trinajstić information content (AvgIpc) is 3.53. The largest absolute Gasteiger partial charge is 0.392 e. The molecule has 3 aromatic heterocycles. The highest BCUT2D eigenvalue weighted by molar-refractivity contribution is 5.95. The van der Waals surface area contributed by atoms with E-state index in [1.165, 1.54) is 10.6 Å². The second-order valence-corrected chi connectivity index (χ2v) is 12.2. The summed E-state index contributed by atoms with van der Waals surface area (Å²) in [6.07, 6.45) is -6.87. The summed E-state index contributed by atoms with van der Waals surface area (Å²) >= 11 is 0. The van der Waals surface area contributed by atoms with E-state index in [0.717, 1.165) is 26.0 Å². The molecule has 0 saturated heterocycles. The number of nitrogens with zero attached hydrogens (tertiary/aromatic N) is 4. The number of hydrogen-bond donors (Lipinski definition) is 2. The van der Waals surface area contributed by atoms with Crippen LogP contribution in [0.15, 0.2) is 29.2 Å². The van der Waals surface area contributed by atoms with Gasteiger partial charge < -0.3 is 15.2 Å². The van der Waals surface area contributed by atoms with Gasteiger partial charge in [0.05, 0.1) is 35.1 Å². The Morgan fingerprint density at radius 2 is 1.63 bits per heavy atom. The first-order chi connectivity index (χ1) is 21.5. The molecule has 1 unspecified atom stereocenters. The van der Waals surface area contributed by atoms with Crippen molar-refractivity contribution in [2.24, 2.45) is 17.8 Å². The molecule has 3 atom stereocenters. The number of carbonyl (C=O) groups excluding carboxylic acids is 2. The van der Waals surface area contributed by atoms with Crippen molar-refractivity contribution >= 4 is 17.6 Å². The highest BCUT2D eigenvalue weighted by Gasteiger charge is 2.41. The summed E-state index contributed by atoms with van der Waals surface area (Å²) < 4.78 is 112. The second kappa shape index (κ2) is 12.8. The molecule has 0 aromatic carbocycles. The minimum atomic E-state index is -4.52. The van der Waals surface area contributed by atoms with Crippen LogP contribution in [0.3, 0.4) is 0 Å². The van der Waals surface area contributed by atoms with Gasteiger partial charge in [-0.2, -0.15) is 26.3 Å². The topological polar surface area (TPSA) is 114 Å². The zero-order valence-electron chi connectivity index (χ0n) is 24.6. The van der Waals surface area contributed by atoms with E-state index >= 15 is 0 Å². The number of rotatable bonds is 11. The molecule has 9 nitrogen and oxygen atoms in total. The second-order valence-electron chi connectivity index (χ2n) is 12.2. The minimum absolute atomic E-state index is 0.0272. The van der Waals surface area contributed by atoms with Gasteiger partial charge in [-0.15, -0.1) is 0 Å². The van der Waals surface area contributed by atoms with E-state index in [1.807, 2.05) is 0 Å². The van der Waals surface area contributed by atoms with Crippen LogP contribution in [0.1, 0.15) is 97.8 Å². The van der Waals surface area contributed by atoms with Crippen LogP contribution >= 0.6 is 0 Å². The molecule has 5 rings (SSSR count). The van der Waals surface area contributed by atoms with Gasteiger partial charge in [0.2, 0.25) is 17.6 Å². The highest BCUT2D eigenvalue weighted by Crippen LogP contribution is 2.43. The van der Waals surface area contributed by atoms with Gasteiger partial charge in [-0.25, -0.2) is 18.7 Å². The van der Waals surface area contributed by atoms with Crippen LogP contribution in [-0.4, -0.2) is 49.6 Å². The summed E-state index contributed by atoms with van der Waals surface area (Å²) in [7, 11) is 0. The van der Waals surface area contributed by atoms with E-state index in [2.05, 4.69) is 25.8 Å². The van der Waals surface area contributed by atoms with Crippen molar-refractivity contribution < 1.29 is 49.2 Å². The number of imidazole rings is 1. The van der Waals surface area contributed by atoms with Crippen LogP contribution in [0.4, 0.5) is 35.1 Å². The number of halogens is 8. The molecule has 3 aromatic rings. The predicted octanol–water partition coefficient (Wildman–Crippen LogP) is 6.66. The molecule has 2 saturated carbocycles. The molecule has 2 N–H and O–H groups in total. The summed E-state index contributed by atoms with van der Waals surface area (Å²) in [5, 5.41) is 8.93. The van der Waals surface area contributed by atoms with Crippen molar-refractivity contribution in [2.45, 2.75) is 95.1 Å². The fourth-order valence-electron chi connectivity index (χ4n) is 5.65. The van der Waals surface area contributed by atoms with Crippen LogP contribution in [0.25, 0.3) is 5.78 Å². The molecule has 2 aliphatic rings. The third-order valence-electron chi connectivity index (χ3n) is 8.52. The Morgan fingerprint density at radius 1 is 1.00 bits per heavy atom. The van der Waals surface area contributed by atoms with Crippen LogP contribution in [-0.2, 0) is 11.2 Å². The summed E-state index contributed by atoms with van der Waals surface area (Å²) in [5.41, 5.74) is 0.203. The number of fused-ring (bicyclic) bond motifs is 1. The Hall–Kier alpha value is -3.79. The lowest BCUT2D eigenvalue weighted by atomic mass is 9.81. The molecular formula is C29H32F8N6O3. The SMILES string of the molecule is C[C@@H](CC(=O)NC(c1ccn2cc([C@@H](NC(=O)c3conc3CCC(F)(F)F)C3CCC(F)(F)CC3)nc2n1)C1CC1)C(F)(F)F. The van der Waals surface area contributed by atoms with Gasteiger partial charge in [0.15, 0.2) is 0 Å². The average molecular weight is 665 g/mol. The van der Waals surface area contributed by atoms with Gasteiger partial charge in [0, 0.05) is 44.5 Å². The van der Waals surface area contributed by atoms with Crippen molar-refractivity contribution in [3.05, 3.63) is 47.4 Å². The van der Waals surface area contributed by atoms with Crippen LogP contribution < -0.4 is 10.6 Å². The number of amides is 2. The van der Waals surface area contributed by atoms with Gasteiger partial charge in [0.1, 0.15) is 11.8 Å². The molecule has 3 heterocycles. The molecule has 2 aliphatic carbocycles. The molecule has 46 heavy (non-hydrogen) atoms. The van der Waals surface area contributed by atoms with Gasteiger partial charge in [-0.05, 0) is 43.6 Å². The van der Waals surface area contributed by atoms with Crippen LogP contribution in [0, 0.1) is 17.8 Å². The molecule has 0 spiro atoms. The fraction of sp³-hybridized carbons (Fsp3) is 0.621. The quantitative estimate of drug-likeness (QED) is 0.222.